The fourth-order valence-electron chi connectivity index (χ4n) is 1.56. The van der Waals surface area contributed by atoms with Crippen molar-refractivity contribution in [1.82, 2.24) is 5.32 Å². The second-order valence-corrected chi connectivity index (χ2v) is 4.17. The highest BCUT2D eigenvalue weighted by Crippen LogP contribution is 2.12. The Hall–Kier alpha value is -1.59. The molecule has 1 aromatic rings. The number of carbonyl (C=O) groups is 1. The van der Waals surface area contributed by atoms with Crippen molar-refractivity contribution >= 4 is 5.91 Å². The van der Waals surface area contributed by atoms with Gasteiger partial charge in [-0.3, -0.25) is 4.79 Å². The predicted octanol–water partition coefficient (Wildman–Crippen LogP) is 0.719. The van der Waals surface area contributed by atoms with Crippen molar-refractivity contribution in [3.63, 3.8) is 0 Å². The maximum atomic E-state index is 11.5. The molecule has 0 aliphatic carbocycles. The molecule has 0 spiro atoms. The van der Waals surface area contributed by atoms with Crippen LogP contribution in [0.4, 0.5) is 0 Å². The van der Waals surface area contributed by atoms with Gasteiger partial charge in [0, 0.05) is 20.3 Å². The van der Waals surface area contributed by atoms with Crippen molar-refractivity contribution in [3.05, 3.63) is 29.8 Å². The Morgan fingerprint density at radius 2 is 2.05 bits per heavy atom. The Kier molecular flexibility index (Phi) is 7.62. The van der Waals surface area contributed by atoms with Crippen LogP contribution in [-0.4, -0.2) is 39.3 Å². The number of nitrogens with one attached hydrogen (secondary N) is 1. The van der Waals surface area contributed by atoms with E-state index in [1.54, 1.807) is 7.11 Å². The lowest BCUT2D eigenvalue weighted by Gasteiger charge is -2.08. The Balaban J connectivity index is 2.22. The molecule has 19 heavy (non-hydrogen) atoms. The van der Waals surface area contributed by atoms with Gasteiger partial charge in [-0.15, -0.1) is 0 Å². The van der Waals surface area contributed by atoms with E-state index < -0.39 is 0 Å². The number of carbonyl (C=O) groups excluding carboxylic acids is 1. The van der Waals surface area contributed by atoms with E-state index in [9.17, 15) is 4.79 Å². The third kappa shape index (κ3) is 6.79. The number of nitrogens with two attached hydrogens (primary N) is 1. The molecular formula is C14H22N2O3. The molecule has 0 saturated carbocycles. The van der Waals surface area contributed by atoms with Crippen LogP contribution in [0.25, 0.3) is 0 Å². The first-order valence-corrected chi connectivity index (χ1v) is 6.43. The molecular weight excluding hydrogens is 244 g/mol. The van der Waals surface area contributed by atoms with E-state index in [1.165, 1.54) is 5.56 Å². The molecule has 0 aliphatic heterocycles. The van der Waals surface area contributed by atoms with Crippen LogP contribution in [0.1, 0.15) is 12.0 Å². The summed E-state index contributed by atoms with van der Waals surface area (Å²) in [5.41, 5.74) is 6.64. The van der Waals surface area contributed by atoms with Crippen molar-refractivity contribution < 1.29 is 14.3 Å². The molecule has 1 aromatic carbocycles. The highest BCUT2D eigenvalue weighted by molar-refractivity contribution is 5.77. The van der Waals surface area contributed by atoms with Gasteiger partial charge in [0.05, 0.1) is 0 Å². The first-order valence-electron chi connectivity index (χ1n) is 6.43. The standard InChI is InChI=1S/C14H22N2O3/c1-18-10-2-9-16-14(17)11-19-13-5-3-12(4-6-13)7-8-15/h3-6H,2,7-11,15H2,1H3,(H,16,17). The maximum Gasteiger partial charge on any atom is 0.257 e. The Labute approximate surface area is 114 Å². The van der Waals surface area contributed by atoms with Crippen molar-refractivity contribution in [1.29, 1.82) is 0 Å². The van der Waals surface area contributed by atoms with Gasteiger partial charge in [0.25, 0.3) is 5.91 Å². The molecule has 0 aliphatic rings. The number of methoxy groups -OCH3 is 1. The minimum absolute atomic E-state index is 0.0310. The highest BCUT2D eigenvalue weighted by atomic mass is 16.5. The molecule has 3 N–H and O–H groups in total. The summed E-state index contributed by atoms with van der Waals surface area (Å²) in [6, 6.07) is 7.61. The monoisotopic (exact) mass is 266 g/mol. The van der Waals surface area contributed by atoms with E-state index in [0.717, 1.165) is 12.8 Å². The molecule has 1 amide bonds. The summed E-state index contributed by atoms with van der Waals surface area (Å²) in [6.07, 6.45) is 1.65. The third-order valence-corrected chi connectivity index (χ3v) is 2.57. The molecule has 0 heterocycles. The molecule has 1 rings (SSSR count). The molecule has 0 saturated heterocycles. The SMILES string of the molecule is COCCCNC(=O)COc1ccc(CCN)cc1. The van der Waals surface area contributed by atoms with E-state index in [4.69, 9.17) is 15.2 Å². The number of benzene rings is 1. The number of hydrogen-bond donors (Lipinski definition) is 2. The average molecular weight is 266 g/mol. The number of ether oxygens (including phenoxy) is 2. The molecule has 106 valence electrons. The maximum absolute atomic E-state index is 11.5. The molecule has 5 nitrogen and oxygen atoms in total. The van der Waals surface area contributed by atoms with E-state index in [-0.39, 0.29) is 12.5 Å². The average Bonchev–Trinajstić information content (AvgIpc) is 2.43. The zero-order chi connectivity index (χ0) is 13.9. The van der Waals surface area contributed by atoms with Gasteiger partial charge in [-0.05, 0) is 37.1 Å². The smallest absolute Gasteiger partial charge is 0.257 e. The second kappa shape index (κ2) is 9.35. The molecule has 5 heteroatoms. The van der Waals surface area contributed by atoms with Crippen molar-refractivity contribution in [3.8, 4) is 5.75 Å². The third-order valence-electron chi connectivity index (χ3n) is 2.57. The summed E-state index contributed by atoms with van der Waals surface area (Å²) in [4.78, 5) is 11.5. The van der Waals surface area contributed by atoms with E-state index in [2.05, 4.69) is 5.32 Å². The second-order valence-electron chi connectivity index (χ2n) is 4.17. The quantitative estimate of drug-likeness (QED) is 0.646. The first kappa shape index (κ1) is 15.5. The lowest BCUT2D eigenvalue weighted by molar-refractivity contribution is -0.123. The zero-order valence-electron chi connectivity index (χ0n) is 11.4. The van der Waals surface area contributed by atoms with Crippen LogP contribution < -0.4 is 15.8 Å². The van der Waals surface area contributed by atoms with Gasteiger partial charge in [0.15, 0.2) is 6.61 Å². The van der Waals surface area contributed by atoms with Gasteiger partial charge in [0.2, 0.25) is 0 Å². The van der Waals surface area contributed by atoms with Crippen LogP contribution in [0.15, 0.2) is 24.3 Å². The van der Waals surface area contributed by atoms with Crippen LogP contribution in [0, 0.1) is 0 Å². The Bertz CT molecular complexity index is 365. The van der Waals surface area contributed by atoms with Crippen molar-refractivity contribution in [2.45, 2.75) is 12.8 Å². The summed E-state index contributed by atoms with van der Waals surface area (Å²) >= 11 is 0. The Morgan fingerprint density at radius 3 is 2.68 bits per heavy atom. The van der Waals surface area contributed by atoms with Crippen molar-refractivity contribution in [2.24, 2.45) is 5.73 Å². The van der Waals surface area contributed by atoms with Crippen LogP contribution in [0.2, 0.25) is 0 Å². The minimum atomic E-state index is -0.123. The minimum Gasteiger partial charge on any atom is -0.484 e. The van der Waals surface area contributed by atoms with Gasteiger partial charge >= 0.3 is 0 Å². The molecule has 0 aromatic heterocycles. The van der Waals surface area contributed by atoms with Crippen LogP contribution in [-0.2, 0) is 16.0 Å². The Morgan fingerprint density at radius 1 is 1.32 bits per heavy atom. The fourth-order valence-corrected chi connectivity index (χ4v) is 1.56. The van der Waals surface area contributed by atoms with Gasteiger partial charge in [-0.2, -0.15) is 0 Å². The first-order chi connectivity index (χ1) is 9.26. The van der Waals surface area contributed by atoms with E-state index in [1.807, 2.05) is 24.3 Å². The van der Waals surface area contributed by atoms with E-state index >= 15 is 0 Å². The molecule has 0 atom stereocenters. The van der Waals surface area contributed by atoms with Gasteiger partial charge in [-0.1, -0.05) is 12.1 Å². The number of amides is 1. The topological polar surface area (TPSA) is 73.6 Å². The fraction of sp³-hybridized carbons (Fsp3) is 0.500. The summed E-state index contributed by atoms with van der Waals surface area (Å²) in [5.74, 6) is 0.565. The summed E-state index contributed by atoms with van der Waals surface area (Å²) in [5, 5.41) is 2.76. The van der Waals surface area contributed by atoms with Crippen LogP contribution in [0.3, 0.4) is 0 Å². The van der Waals surface area contributed by atoms with Crippen molar-refractivity contribution in [2.75, 3.05) is 33.4 Å². The predicted molar refractivity (Wildman–Crippen MR) is 74.2 cm³/mol. The number of hydrogen-bond acceptors (Lipinski definition) is 4. The number of rotatable bonds is 9. The van der Waals surface area contributed by atoms with Gasteiger partial charge < -0.3 is 20.5 Å². The normalized spacial score (nSPS) is 10.2. The molecule has 0 unspecified atom stereocenters. The summed E-state index contributed by atoms with van der Waals surface area (Å²) < 4.78 is 10.3. The molecule has 0 bridgehead atoms. The lowest BCUT2D eigenvalue weighted by Crippen LogP contribution is -2.30. The highest BCUT2D eigenvalue weighted by Gasteiger charge is 2.02. The summed E-state index contributed by atoms with van der Waals surface area (Å²) in [6.45, 7) is 1.91. The van der Waals surface area contributed by atoms with Crippen LogP contribution in [0.5, 0.6) is 5.75 Å². The largest absolute Gasteiger partial charge is 0.484 e. The molecule has 0 fully saturated rings. The van der Waals surface area contributed by atoms with E-state index in [0.29, 0.717) is 25.4 Å². The molecule has 0 radical (unpaired) electrons. The summed E-state index contributed by atoms with van der Waals surface area (Å²) in [7, 11) is 1.64. The zero-order valence-corrected chi connectivity index (χ0v) is 11.4. The van der Waals surface area contributed by atoms with Gasteiger partial charge in [0.1, 0.15) is 5.75 Å². The van der Waals surface area contributed by atoms with Crippen LogP contribution >= 0.6 is 0 Å². The van der Waals surface area contributed by atoms with Gasteiger partial charge in [-0.25, -0.2) is 0 Å². The lowest BCUT2D eigenvalue weighted by atomic mass is 10.1.